The maximum atomic E-state index is 12.3. The SMILES string of the molecule is Cc1ccc([S+]([O-])N=CC(CC(F)(F)F)CC(F)(F)F)cc1. The van der Waals surface area contributed by atoms with Gasteiger partial charge in [0.1, 0.15) is 11.4 Å². The molecule has 1 aromatic rings. The van der Waals surface area contributed by atoms with Crippen molar-refractivity contribution in [3.63, 3.8) is 0 Å². The molecule has 0 aliphatic carbocycles. The number of alkyl halides is 6. The fourth-order valence-electron chi connectivity index (χ4n) is 1.63. The van der Waals surface area contributed by atoms with Gasteiger partial charge >= 0.3 is 12.4 Å². The Labute approximate surface area is 126 Å². The number of hydrogen-bond acceptors (Lipinski definition) is 2. The molecule has 0 saturated heterocycles. The van der Waals surface area contributed by atoms with Crippen molar-refractivity contribution in [1.82, 2.24) is 0 Å². The van der Waals surface area contributed by atoms with Gasteiger partial charge in [0.2, 0.25) is 0 Å². The zero-order valence-corrected chi connectivity index (χ0v) is 12.2. The van der Waals surface area contributed by atoms with Gasteiger partial charge in [-0.1, -0.05) is 22.1 Å². The van der Waals surface area contributed by atoms with Crippen LogP contribution in [0.2, 0.25) is 0 Å². The van der Waals surface area contributed by atoms with E-state index in [1.54, 1.807) is 19.1 Å². The van der Waals surface area contributed by atoms with Gasteiger partial charge in [0.05, 0.1) is 19.1 Å². The zero-order valence-electron chi connectivity index (χ0n) is 11.4. The predicted molar refractivity (Wildman–Crippen MR) is 70.9 cm³/mol. The Morgan fingerprint density at radius 1 is 1.05 bits per heavy atom. The third kappa shape index (κ3) is 7.69. The van der Waals surface area contributed by atoms with Crippen molar-refractivity contribution in [3.8, 4) is 0 Å². The van der Waals surface area contributed by atoms with Crippen molar-refractivity contribution >= 4 is 17.6 Å². The van der Waals surface area contributed by atoms with Crippen molar-refractivity contribution < 1.29 is 30.9 Å². The van der Waals surface area contributed by atoms with Crippen LogP contribution in [0.15, 0.2) is 33.6 Å². The molecule has 0 radical (unpaired) electrons. The molecule has 2 nitrogen and oxygen atoms in total. The molecule has 1 atom stereocenters. The molecular weight excluding hydrogens is 332 g/mol. The molecule has 0 spiro atoms. The van der Waals surface area contributed by atoms with Gasteiger partial charge in [-0.2, -0.15) is 26.3 Å². The fraction of sp³-hybridized carbons (Fsp3) is 0.462. The van der Waals surface area contributed by atoms with E-state index in [1.165, 1.54) is 12.1 Å². The van der Waals surface area contributed by atoms with E-state index >= 15 is 0 Å². The van der Waals surface area contributed by atoms with Gasteiger partial charge in [0.25, 0.3) is 0 Å². The van der Waals surface area contributed by atoms with E-state index in [-0.39, 0.29) is 4.90 Å². The van der Waals surface area contributed by atoms with E-state index in [0.717, 1.165) is 5.56 Å². The molecule has 0 bridgehead atoms. The number of halogens is 6. The predicted octanol–water partition coefficient (Wildman–Crippen LogP) is 4.61. The molecule has 1 aromatic carbocycles. The van der Waals surface area contributed by atoms with Crippen LogP contribution >= 0.6 is 0 Å². The van der Waals surface area contributed by atoms with E-state index in [9.17, 15) is 30.9 Å². The average Bonchev–Trinajstić information content (AvgIpc) is 2.32. The summed E-state index contributed by atoms with van der Waals surface area (Å²) in [5.41, 5.74) is 0.872. The summed E-state index contributed by atoms with van der Waals surface area (Å²) in [6.45, 7) is 1.78. The molecule has 22 heavy (non-hydrogen) atoms. The Balaban J connectivity index is 2.80. The minimum Gasteiger partial charge on any atom is -0.586 e. The molecule has 0 saturated carbocycles. The van der Waals surface area contributed by atoms with Crippen molar-refractivity contribution in [2.24, 2.45) is 10.3 Å². The summed E-state index contributed by atoms with van der Waals surface area (Å²) in [6, 6.07) is 6.13. The van der Waals surface area contributed by atoms with Gasteiger partial charge in [0, 0.05) is 5.92 Å². The molecule has 1 rings (SSSR count). The van der Waals surface area contributed by atoms with E-state index in [0.29, 0.717) is 6.21 Å². The van der Waals surface area contributed by atoms with Gasteiger partial charge in [-0.25, -0.2) is 0 Å². The van der Waals surface area contributed by atoms with Gasteiger partial charge in [-0.3, -0.25) is 0 Å². The lowest BCUT2D eigenvalue weighted by atomic mass is 10.0. The molecule has 0 aromatic heterocycles. The lowest BCUT2D eigenvalue weighted by molar-refractivity contribution is -0.164. The highest BCUT2D eigenvalue weighted by molar-refractivity contribution is 7.90. The lowest BCUT2D eigenvalue weighted by Gasteiger charge is -2.16. The molecule has 0 aliphatic heterocycles. The third-order valence-electron chi connectivity index (χ3n) is 2.58. The molecule has 0 N–H and O–H groups in total. The summed E-state index contributed by atoms with van der Waals surface area (Å²) in [7, 11) is 0. The fourth-order valence-corrected chi connectivity index (χ4v) is 2.40. The van der Waals surface area contributed by atoms with Crippen molar-refractivity contribution in [2.75, 3.05) is 0 Å². The van der Waals surface area contributed by atoms with E-state index in [4.69, 9.17) is 0 Å². The quantitative estimate of drug-likeness (QED) is 0.436. The lowest BCUT2D eigenvalue weighted by Crippen LogP contribution is -2.22. The third-order valence-corrected chi connectivity index (χ3v) is 3.57. The number of aryl methyl sites for hydroxylation is 1. The molecule has 9 heteroatoms. The number of rotatable bonds is 5. The molecular formula is C13H13F6NOS. The Morgan fingerprint density at radius 2 is 1.50 bits per heavy atom. The molecule has 0 aliphatic rings. The van der Waals surface area contributed by atoms with Crippen LogP contribution in [0.4, 0.5) is 26.3 Å². The maximum Gasteiger partial charge on any atom is 0.389 e. The van der Waals surface area contributed by atoms with Crippen LogP contribution in [0, 0.1) is 12.8 Å². The first-order chi connectivity index (χ1) is 9.96. The zero-order chi connectivity index (χ0) is 17.0. The topological polar surface area (TPSA) is 35.4 Å². The second kappa shape index (κ2) is 7.36. The Morgan fingerprint density at radius 3 is 1.91 bits per heavy atom. The minimum absolute atomic E-state index is 0.208. The molecule has 0 heterocycles. The molecule has 0 fully saturated rings. The van der Waals surface area contributed by atoms with Crippen LogP contribution in [-0.2, 0) is 11.4 Å². The number of hydrogen-bond donors (Lipinski definition) is 0. The van der Waals surface area contributed by atoms with Crippen LogP contribution in [0.25, 0.3) is 0 Å². The standard InChI is InChI=1S/C13H13F6NOS/c1-9-2-4-11(5-3-9)22(21)20-8-10(6-12(14,15)16)7-13(17,18)19/h2-5,8,10H,6-7H2,1H3. The summed E-state index contributed by atoms with van der Waals surface area (Å²) in [5.74, 6) is -1.89. The van der Waals surface area contributed by atoms with E-state index in [1.807, 2.05) is 0 Å². The van der Waals surface area contributed by atoms with Crippen LogP contribution in [0.3, 0.4) is 0 Å². The number of nitrogens with zero attached hydrogens (tertiary/aromatic N) is 1. The van der Waals surface area contributed by atoms with Gasteiger partial charge in [-0.05, 0) is 19.1 Å². The Kier molecular flexibility index (Phi) is 6.30. The van der Waals surface area contributed by atoms with Gasteiger partial charge in [-0.15, -0.1) is 0 Å². The maximum absolute atomic E-state index is 12.3. The first kappa shape index (κ1) is 18.8. The largest absolute Gasteiger partial charge is 0.586 e. The Hall–Kier alpha value is -1.22. The summed E-state index contributed by atoms with van der Waals surface area (Å²) in [5, 5.41) is 0. The minimum atomic E-state index is -4.76. The molecule has 1 unspecified atom stereocenters. The van der Waals surface area contributed by atoms with Crippen molar-refractivity contribution in [3.05, 3.63) is 29.8 Å². The monoisotopic (exact) mass is 345 g/mol. The summed E-state index contributed by atoms with van der Waals surface area (Å²) in [6.07, 6.45) is -12.4. The smallest absolute Gasteiger partial charge is 0.389 e. The first-order valence-electron chi connectivity index (χ1n) is 6.12. The van der Waals surface area contributed by atoms with Crippen LogP contribution in [0.5, 0.6) is 0 Å². The highest BCUT2D eigenvalue weighted by Crippen LogP contribution is 2.32. The molecule has 124 valence electrons. The summed E-state index contributed by atoms with van der Waals surface area (Å²) in [4.78, 5) is 0.208. The normalized spacial score (nSPS) is 14.8. The van der Waals surface area contributed by atoms with E-state index in [2.05, 4.69) is 4.40 Å². The van der Waals surface area contributed by atoms with Gasteiger partial charge < -0.3 is 4.55 Å². The van der Waals surface area contributed by atoms with Crippen molar-refractivity contribution in [2.45, 2.75) is 37.0 Å². The first-order valence-corrected chi connectivity index (χ1v) is 7.23. The van der Waals surface area contributed by atoms with Crippen LogP contribution in [0.1, 0.15) is 18.4 Å². The summed E-state index contributed by atoms with van der Waals surface area (Å²) < 4.78 is 88.7. The highest BCUT2D eigenvalue weighted by atomic mass is 32.2. The average molecular weight is 345 g/mol. The van der Waals surface area contributed by atoms with E-state index < -0.39 is 42.5 Å². The second-order valence-electron chi connectivity index (χ2n) is 4.72. The van der Waals surface area contributed by atoms with Gasteiger partial charge in [0.15, 0.2) is 4.90 Å². The second-order valence-corrected chi connectivity index (χ2v) is 5.90. The highest BCUT2D eigenvalue weighted by Gasteiger charge is 2.38. The molecule has 0 amide bonds. The summed E-state index contributed by atoms with van der Waals surface area (Å²) >= 11 is -2.03. The number of benzene rings is 1. The van der Waals surface area contributed by atoms with Crippen LogP contribution in [-0.4, -0.2) is 23.1 Å². The van der Waals surface area contributed by atoms with Crippen molar-refractivity contribution in [1.29, 1.82) is 0 Å². The Bertz CT molecular complexity index is 481. The van der Waals surface area contributed by atoms with Crippen LogP contribution < -0.4 is 0 Å².